The third-order valence-corrected chi connectivity index (χ3v) is 1.16. The number of cyclic esters (lactones) is 1. The van der Waals surface area contributed by atoms with Gasteiger partial charge in [0, 0.05) is 0 Å². The molecule has 0 aromatic carbocycles. The van der Waals surface area contributed by atoms with Crippen molar-refractivity contribution in [3.63, 3.8) is 0 Å². The third kappa shape index (κ3) is 1.10. The molecule has 0 aliphatic carbocycles. The van der Waals surface area contributed by atoms with Crippen LogP contribution in [0.15, 0.2) is 11.6 Å². The van der Waals surface area contributed by atoms with Crippen molar-refractivity contribution in [1.29, 1.82) is 0 Å². The Labute approximate surface area is 52.9 Å². The summed E-state index contributed by atoms with van der Waals surface area (Å²) in [5.41, 5.74) is 0.363. The van der Waals surface area contributed by atoms with Crippen LogP contribution in [-0.4, -0.2) is 23.8 Å². The zero-order valence-electron chi connectivity index (χ0n) is 5.13. The first-order valence-corrected chi connectivity index (χ1v) is 2.76. The van der Waals surface area contributed by atoms with Gasteiger partial charge in [-0.05, 0) is 13.0 Å². The largest absolute Gasteiger partial charge is 0.455 e. The van der Waals surface area contributed by atoms with Crippen LogP contribution in [0.3, 0.4) is 0 Å². The maximum absolute atomic E-state index is 10.6. The SMILES string of the molecule is CC1C=C(CO)C(=O)O1. The Balaban J connectivity index is 2.68. The molecular formula is C6H8O3. The summed E-state index contributed by atoms with van der Waals surface area (Å²) in [6.07, 6.45) is 1.45. The molecule has 0 aromatic rings. The second-order valence-electron chi connectivity index (χ2n) is 1.96. The molecule has 1 rings (SSSR count). The molecule has 3 heteroatoms. The number of ether oxygens (including phenoxy) is 1. The van der Waals surface area contributed by atoms with Gasteiger partial charge in [0.1, 0.15) is 6.10 Å². The normalized spacial score (nSPS) is 25.8. The van der Waals surface area contributed by atoms with Crippen LogP contribution in [0.1, 0.15) is 6.92 Å². The average molecular weight is 128 g/mol. The second-order valence-corrected chi connectivity index (χ2v) is 1.96. The first-order valence-electron chi connectivity index (χ1n) is 2.76. The van der Waals surface area contributed by atoms with Crippen LogP contribution in [-0.2, 0) is 9.53 Å². The van der Waals surface area contributed by atoms with Crippen molar-refractivity contribution in [2.24, 2.45) is 0 Å². The molecule has 1 N–H and O–H groups in total. The van der Waals surface area contributed by atoms with E-state index in [9.17, 15) is 4.79 Å². The molecule has 0 saturated carbocycles. The molecule has 1 aliphatic heterocycles. The van der Waals surface area contributed by atoms with Gasteiger partial charge in [-0.3, -0.25) is 0 Å². The van der Waals surface area contributed by atoms with Crippen molar-refractivity contribution in [3.05, 3.63) is 11.6 Å². The molecule has 50 valence electrons. The summed E-state index contributed by atoms with van der Waals surface area (Å²) in [4.78, 5) is 10.6. The number of hydrogen-bond acceptors (Lipinski definition) is 3. The molecule has 1 aliphatic rings. The lowest BCUT2D eigenvalue weighted by molar-refractivity contribution is -0.139. The van der Waals surface area contributed by atoms with Crippen LogP contribution in [0.2, 0.25) is 0 Å². The van der Waals surface area contributed by atoms with E-state index < -0.39 is 5.97 Å². The highest BCUT2D eigenvalue weighted by Gasteiger charge is 2.20. The van der Waals surface area contributed by atoms with Crippen molar-refractivity contribution < 1.29 is 14.6 Å². The Hall–Kier alpha value is -0.830. The van der Waals surface area contributed by atoms with Crippen molar-refractivity contribution in [3.8, 4) is 0 Å². The Kier molecular flexibility index (Phi) is 1.53. The summed E-state index contributed by atoms with van der Waals surface area (Å²) >= 11 is 0. The smallest absolute Gasteiger partial charge is 0.336 e. The van der Waals surface area contributed by atoms with Gasteiger partial charge in [-0.15, -0.1) is 0 Å². The van der Waals surface area contributed by atoms with E-state index in [2.05, 4.69) is 4.74 Å². The lowest BCUT2D eigenvalue weighted by Gasteiger charge is -1.96. The van der Waals surface area contributed by atoms with Crippen LogP contribution in [0, 0.1) is 0 Å². The number of hydrogen-bond donors (Lipinski definition) is 1. The summed E-state index contributed by atoms with van der Waals surface area (Å²) < 4.78 is 4.67. The van der Waals surface area contributed by atoms with Gasteiger partial charge in [0.15, 0.2) is 0 Å². The van der Waals surface area contributed by atoms with Gasteiger partial charge in [-0.2, -0.15) is 0 Å². The summed E-state index contributed by atoms with van der Waals surface area (Å²) in [5.74, 6) is -0.398. The van der Waals surface area contributed by atoms with Gasteiger partial charge in [-0.1, -0.05) is 0 Å². The minimum Gasteiger partial charge on any atom is -0.455 e. The zero-order valence-corrected chi connectivity index (χ0v) is 5.13. The van der Waals surface area contributed by atoms with Crippen molar-refractivity contribution in [1.82, 2.24) is 0 Å². The molecule has 9 heavy (non-hydrogen) atoms. The fourth-order valence-electron chi connectivity index (χ4n) is 0.747. The standard InChI is InChI=1S/C6H8O3/c1-4-2-5(3-7)6(8)9-4/h2,4,7H,3H2,1H3. The minimum absolute atomic E-state index is 0.167. The monoisotopic (exact) mass is 128 g/mol. The van der Waals surface area contributed by atoms with Gasteiger partial charge in [0.25, 0.3) is 0 Å². The molecule has 3 nitrogen and oxygen atoms in total. The van der Waals surface area contributed by atoms with E-state index >= 15 is 0 Å². The van der Waals surface area contributed by atoms with Gasteiger partial charge in [0.05, 0.1) is 12.2 Å². The Morgan fingerprint density at radius 3 is 2.78 bits per heavy atom. The molecular weight excluding hydrogens is 120 g/mol. The Morgan fingerprint density at radius 1 is 1.89 bits per heavy atom. The Morgan fingerprint density at radius 2 is 2.56 bits per heavy atom. The van der Waals surface area contributed by atoms with Crippen molar-refractivity contribution in [2.45, 2.75) is 13.0 Å². The summed E-state index contributed by atoms with van der Waals surface area (Å²) in [6.45, 7) is 1.53. The molecule has 1 unspecified atom stereocenters. The van der Waals surface area contributed by atoms with E-state index in [1.165, 1.54) is 0 Å². The molecule has 1 heterocycles. The molecule has 0 spiro atoms. The van der Waals surface area contributed by atoms with Gasteiger partial charge < -0.3 is 9.84 Å². The molecule has 1 atom stereocenters. The van der Waals surface area contributed by atoms with Crippen LogP contribution in [0.25, 0.3) is 0 Å². The third-order valence-electron chi connectivity index (χ3n) is 1.16. The summed E-state index contributed by atoms with van der Waals surface area (Å²) in [5, 5.41) is 8.49. The number of aliphatic hydroxyl groups is 1. The predicted molar refractivity (Wildman–Crippen MR) is 30.7 cm³/mol. The van der Waals surface area contributed by atoms with Crippen LogP contribution >= 0.6 is 0 Å². The number of esters is 1. The van der Waals surface area contributed by atoms with Gasteiger partial charge in [-0.25, -0.2) is 4.79 Å². The van der Waals surface area contributed by atoms with Crippen molar-refractivity contribution >= 4 is 5.97 Å². The van der Waals surface area contributed by atoms with E-state index in [4.69, 9.17) is 5.11 Å². The second kappa shape index (κ2) is 2.19. The fourth-order valence-corrected chi connectivity index (χ4v) is 0.747. The summed E-state index contributed by atoms with van der Waals surface area (Å²) in [6, 6.07) is 0. The van der Waals surface area contributed by atoms with Gasteiger partial charge >= 0.3 is 5.97 Å². The maximum atomic E-state index is 10.6. The number of rotatable bonds is 1. The van der Waals surface area contributed by atoms with Crippen molar-refractivity contribution in [2.75, 3.05) is 6.61 Å². The molecule has 0 amide bonds. The predicted octanol–water partition coefficient (Wildman–Crippen LogP) is -0.150. The molecule has 0 aromatic heterocycles. The fraction of sp³-hybridized carbons (Fsp3) is 0.500. The average Bonchev–Trinajstić information content (AvgIpc) is 2.10. The first kappa shape index (κ1) is 6.29. The highest BCUT2D eigenvalue weighted by atomic mass is 16.5. The quantitative estimate of drug-likeness (QED) is 0.499. The van der Waals surface area contributed by atoms with Gasteiger partial charge in [0.2, 0.25) is 0 Å². The lowest BCUT2D eigenvalue weighted by Crippen LogP contribution is -2.05. The van der Waals surface area contributed by atoms with Crippen LogP contribution in [0.4, 0.5) is 0 Å². The Bertz CT molecular complexity index is 160. The molecule has 0 radical (unpaired) electrons. The molecule has 0 bridgehead atoms. The van der Waals surface area contributed by atoms with Crippen LogP contribution < -0.4 is 0 Å². The topological polar surface area (TPSA) is 46.5 Å². The zero-order chi connectivity index (χ0) is 6.85. The lowest BCUT2D eigenvalue weighted by atomic mass is 10.2. The van der Waals surface area contributed by atoms with E-state index in [-0.39, 0.29) is 12.7 Å². The van der Waals surface area contributed by atoms with E-state index in [1.54, 1.807) is 13.0 Å². The number of carbonyl (C=O) groups excluding carboxylic acids is 1. The number of aliphatic hydroxyl groups excluding tert-OH is 1. The number of carbonyl (C=O) groups is 1. The maximum Gasteiger partial charge on any atom is 0.336 e. The summed E-state index contributed by atoms with van der Waals surface area (Å²) in [7, 11) is 0. The molecule has 0 fully saturated rings. The molecule has 0 saturated heterocycles. The first-order chi connectivity index (χ1) is 4.24. The highest BCUT2D eigenvalue weighted by molar-refractivity contribution is 5.91. The minimum atomic E-state index is -0.398. The van der Waals surface area contributed by atoms with E-state index in [1.807, 2.05) is 0 Å². The van der Waals surface area contributed by atoms with E-state index in [0.717, 1.165) is 0 Å². The van der Waals surface area contributed by atoms with Crippen LogP contribution in [0.5, 0.6) is 0 Å². The highest BCUT2D eigenvalue weighted by Crippen LogP contribution is 2.11. The van der Waals surface area contributed by atoms with E-state index in [0.29, 0.717) is 5.57 Å².